The van der Waals surface area contributed by atoms with Crippen LogP contribution in [0.25, 0.3) is 0 Å². The predicted octanol–water partition coefficient (Wildman–Crippen LogP) is 4.01. The van der Waals surface area contributed by atoms with E-state index < -0.39 is 0 Å². The third-order valence-corrected chi connectivity index (χ3v) is 4.23. The van der Waals surface area contributed by atoms with Crippen LogP contribution in [0.2, 0.25) is 0 Å². The molecule has 1 heterocycles. The summed E-state index contributed by atoms with van der Waals surface area (Å²) in [5.74, 6) is 0. The van der Waals surface area contributed by atoms with Crippen LogP contribution in [0.3, 0.4) is 0 Å². The molecular weight excluding hydrogens is 312 g/mol. The first-order valence-electron chi connectivity index (χ1n) is 5.78. The predicted molar refractivity (Wildman–Crippen MR) is 76.9 cm³/mol. The number of halogens is 1. The van der Waals surface area contributed by atoms with Crippen LogP contribution in [0.15, 0.2) is 43.5 Å². The van der Waals surface area contributed by atoms with E-state index in [2.05, 4.69) is 51.4 Å². The van der Waals surface area contributed by atoms with E-state index in [0.717, 1.165) is 28.2 Å². The molecule has 0 aliphatic heterocycles. The normalized spacial score (nSPS) is 10.8. The van der Waals surface area contributed by atoms with Gasteiger partial charge in [0.1, 0.15) is 6.26 Å². The molecule has 2 rings (SSSR count). The van der Waals surface area contributed by atoms with Gasteiger partial charge in [-0.2, -0.15) is 0 Å². The van der Waals surface area contributed by atoms with Crippen LogP contribution in [0, 0.1) is 6.92 Å². The Balaban J connectivity index is 2.09. The quantitative estimate of drug-likeness (QED) is 0.901. The van der Waals surface area contributed by atoms with Crippen LogP contribution < -0.4 is 5.32 Å². The fraction of sp³-hybridized carbons (Fsp3) is 0.308. The molecule has 1 aromatic heterocycles. The highest BCUT2D eigenvalue weighted by Crippen LogP contribution is 2.33. The third-order valence-electron chi connectivity index (χ3n) is 2.37. The van der Waals surface area contributed by atoms with Gasteiger partial charge in [-0.25, -0.2) is 4.98 Å². The molecule has 2 aromatic rings. The lowest BCUT2D eigenvalue weighted by atomic mass is 10.2. The molecule has 0 aliphatic rings. The number of nitrogens with zero attached hydrogens (tertiary/aromatic N) is 1. The molecule has 18 heavy (non-hydrogen) atoms. The van der Waals surface area contributed by atoms with Crippen molar-refractivity contribution in [3.63, 3.8) is 0 Å². The van der Waals surface area contributed by atoms with E-state index >= 15 is 0 Å². The lowest BCUT2D eigenvalue weighted by Crippen LogP contribution is -2.11. The van der Waals surface area contributed by atoms with E-state index in [1.165, 1.54) is 17.3 Å². The van der Waals surface area contributed by atoms with Gasteiger partial charge in [-0.15, -0.1) is 0 Å². The number of rotatable bonds is 5. The van der Waals surface area contributed by atoms with Gasteiger partial charge in [0, 0.05) is 15.9 Å². The van der Waals surface area contributed by atoms with Gasteiger partial charge in [-0.3, -0.25) is 0 Å². The summed E-state index contributed by atoms with van der Waals surface area (Å²) in [5, 5.41) is 3.98. The number of aromatic nitrogens is 1. The molecule has 0 saturated heterocycles. The molecular formula is C13H15BrN2OS. The third kappa shape index (κ3) is 3.60. The molecule has 0 aliphatic carbocycles. The summed E-state index contributed by atoms with van der Waals surface area (Å²) in [4.78, 5) is 5.39. The maximum absolute atomic E-state index is 5.34. The SMILES string of the molecule is CCNCc1ccc(Sc2nc(C)co2)c(Br)c1. The van der Waals surface area contributed by atoms with Crippen molar-refractivity contribution >= 4 is 27.7 Å². The summed E-state index contributed by atoms with van der Waals surface area (Å²) >= 11 is 5.11. The first-order valence-corrected chi connectivity index (χ1v) is 7.39. The highest BCUT2D eigenvalue weighted by molar-refractivity contribution is 9.10. The van der Waals surface area contributed by atoms with Crippen molar-refractivity contribution in [2.75, 3.05) is 6.54 Å². The Hall–Kier alpha value is -0.780. The highest BCUT2D eigenvalue weighted by atomic mass is 79.9. The number of aryl methyl sites for hydroxylation is 1. The van der Waals surface area contributed by atoms with E-state index in [-0.39, 0.29) is 0 Å². The summed E-state index contributed by atoms with van der Waals surface area (Å²) in [6.07, 6.45) is 1.66. The van der Waals surface area contributed by atoms with Gasteiger partial charge in [0.2, 0.25) is 0 Å². The Kier molecular flexibility index (Phi) is 4.86. The van der Waals surface area contributed by atoms with Crippen molar-refractivity contribution in [3.8, 4) is 0 Å². The maximum atomic E-state index is 5.34. The molecule has 96 valence electrons. The number of hydrogen-bond donors (Lipinski definition) is 1. The second-order valence-corrected chi connectivity index (χ2v) is 5.75. The fourth-order valence-electron chi connectivity index (χ4n) is 1.48. The summed E-state index contributed by atoms with van der Waals surface area (Å²) in [7, 11) is 0. The largest absolute Gasteiger partial charge is 0.439 e. The van der Waals surface area contributed by atoms with Crippen molar-refractivity contribution in [2.45, 2.75) is 30.5 Å². The van der Waals surface area contributed by atoms with Crippen LogP contribution in [0.1, 0.15) is 18.2 Å². The Bertz CT molecular complexity index is 527. The molecule has 0 unspecified atom stereocenters. The van der Waals surface area contributed by atoms with E-state index in [1.54, 1.807) is 6.26 Å². The average Bonchev–Trinajstić information content (AvgIpc) is 2.75. The summed E-state index contributed by atoms with van der Waals surface area (Å²) < 4.78 is 6.41. The van der Waals surface area contributed by atoms with Crippen molar-refractivity contribution in [2.24, 2.45) is 0 Å². The molecule has 0 radical (unpaired) electrons. The Labute approximate surface area is 120 Å². The minimum absolute atomic E-state index is 0.674. The van der Waals surface area contributed by atoms with Gasteiger partial charge in [0.25, 0.3) is 5.22 Å². The molecule has 0 fully saturated rings. The van der Waals surface area contributed by atoms with E-state index in [9.17, 15) is 0 Å². The van der Waals surface area contributed by atoms with Crippen molar-refractivity contribution in [1.82, 2.24) is 10.3 Å². The highest BCUT2D eigenvalue weighted by Gasteiger charge is 2.07. The lowest BCUT2D eigenvalue weighted by molar-refractivity contribution is 0.454. The zero-order chi connectivity index (χ0) is 13.0. The number of hydrogen-bond acceptors (Lipinski definition) is 4. The number of nitrogens with one attached hydrogen (secondary N) is 1. The van der Waals surface area contributed by atoms with Crippen molar-refractivity contribution < 1.29 is 4.42 Å². The molecule has 0 bridgehead atoms. The minimum atomic E-state index is 0.674. The Morgan fingerprint density at radius 1 is 1.44 bits per heavy atom. The topological polar surface area (TPSA) is 38.1 Å². The zero-order valence-corrected chi connectivity index (χ0v) is 12.8. The fourth-order valence-corrected chi connectivity index (χ4v) is 2.92. The summed E-state index contributed by atoms with van der Waals surface area (Å²) in [6, 6.07) is 6.33. The van der Waals surface area contributed by atoms with Gasteiger partial charge in [-0.1, -0.05) is 13.0 Å². The monoisotopic (exact) mass is 326 g/mol. The molecule has 5 heteroatoms. The standard InChI is InChI=1S/C13H15BrN2OS/c1-3-15-7-10-4-5-12(11(14)6-10)18-13-16-9(2)8-17-13/h4-6,8,15H,3,7H2,1-2H3. The lowest BCUT2D eigenvalue weighted by Gasteiger charge is -2.06. The van der Waals surface area contributed by atoms with Crippen LogP contribution >= 0.6 is 27.7 Å². The minimum Gasteiger partial charge on any atom is -0.439 e. The van der Waals surface area contributed by atoms with Gasteiger partial charge >= 0.3 is 0 Å². The first-order chi connectivity index (χ1) is 8.69. The molecule has 0 spiro atoms. The molecule has 0 atom stereocenters. The van der Waals surface area contributed by atoms with Gasteiger partial charge < -0.3 is 9.73 Å². The van der Waals surface area contributed by atoms with Crippen molar-refractivity contribution in [1.29, 1.82) is 0 Å². The van der Waals surface area contributed by atoms with E-state index in [0.29, 0.717) is 5.22 Å². The van der Waals surface area contributed by atoms with Gasteiger partial charge in [0.15, 0.2) is 0 Å². The summed E-state index contributed by atoms with van der Waals surface area (Å²) in [5.41, 5.74) is 2.16. The summed E-state index contributed by atoms with van der Waals surface area (Å²) in [6.45, 7) is 5.88. The molecule has 3 nitrogen and oxygen atoms in total. The molecule has 0 saturated carbocycles. The maximum Gasteiger partial charge on any atom is 0.260 e. The first kappa shape index (κ1) is 13.6. The van der Waals surface area contributed by atoms with Gasteiger partial charge in [-0.05, 0) is 58.9 Å². The van der Waals surface area contributed by atoms with Gasteiger partial charge in [0.05, 0.1) is 5.69 Å². The molecule has 0 amide bonds. The van der Waals surface area contributed by atoms with Crippen molar-refractivity contribution in [3.05, 3.63) is 40.2 Å². The average molecular weight is 327 g/mol. The molecule has 1 N–H and O–H groups in total. The Morgan fingerprint density at radius 3 is 2.89 bits per heavy atom. The second-order valence-electron chi connectivity index (χ2n) is 3.90. The van der Waals surface area contributed by atoms with Crippen LogP contribution in [0.4, 0.5) is 0 Å². The Morgan fingerprint density at radius 2 is 2.28 bits per heavy atom. The van der Waals surface area contributed by atoms with E-state index in [1.807, 2.05) is 6.92 Å². The smallest absolute Gasteiger partial charge is 0.260 e. The van der Waals surface area contributed by atoms with E-state index in [4.69, 9.17) is 4.42 Å². The van der Waals surface area contributed by atoms with Crippen LogP contribution in [0.5, 0.6) is 0 Å². The van der Waals surface area contributed by atoms with Crippen LogP contribution in [-0.4, -0.2) is 11.5 Å². The number of benzene rings is 1. The zero-order valence-electron chi connectivity index (χ0n) is 10.4. The van der Waals surface area contributed by atoms with Crippen LogP contribution in [-0.2, 0) is 6.54 Å². The number of oxazole rings is 1. The second kappa shape index (κ2) is 6.41. The molecule has 1 aromatic carbocycles.